The van der Waals surface area contributed by atoms with Crippen LogP contribution in [0.2, 0.25) is 0 Å². The van der Waals surface area contributed by atoms with Crippen molar-refractivity contribution in [1.29, 1.82) is 0 Å². The molecule has 0 aromatic heterocycles. The first-order valence-corrected chi connectivity index (χ1v) is 6.99. The zero-order chi connectivity index (χ0) is 11.2. The fourth-order valence-electron chi connectivity index (χ4n) is 2.90. The largest absolute Gasteiger partial charge is 0.313 e. The summed E-state index contributed by atoms with van der Waals surface area (Å²) in [5, 5.41) is 3.64. The van der Waals surface area contributed by atoms with E-state index in [4.69, 9.17) is 0 Å². The third-order valence-electron chi connectivity index (χ3n) is 3.85. The molecule has 2 aliphatic rings. The first kappa shape index (κ1) is 12.1. The number of nitrogens with one attached hydrogen (secondary N) is 1. The molecular formula is C14H26N2. The molecule has 2 unspecified atom stereocenters. The lowest BCUT2D eigenvalue weighted by Gasteiger charge is -2.24. The van der Waals surface area contributed by atoms with Gasteiger partial charge in [-0.05, 0) is 51.1 Å². The van der Waals surface area contributed by atoms with Crippen molar-refractivity contribution in [1.82, 2.24) is 10.2 Å². The zero-order valence-corrected chi connectivity index (χ0v) is 10.6. The van der Waals surface area contributed by atoms with E-state index in [2.05, 4.69) is 29.3 Å². The topological polar surface area (TPSA) is 15.3 Å². The van der Waals surface area contributed by atoms with Crippen LogP contribution in [0.25, 0.3) is 0 Å². The third kappa shape index (κ3) is 3.60. The van der Waals surface area contributed by atoms with Gasteiger partial charge in [0.1, 0.15) is 0 Å². The van der Waals surface area contributed by atoms with Crippen molar-refractivity contribution < 1.29 is 0 Å². The standard InChI is InChI=1S/C14H26N2/c1-2-9-15-14-8-10-16(12-14)11-13-6-4-3-5-7-13/h3-4,13-15H,2,5-12H2,1H3. The van der Waals surface area contributed by atoms with Crippen molar-refractivity contribution in [2.75, 3.05) is 26.2 Å². The average Bonchev–Trinajstić information content (AvgIpc) is 2.75. The Balaban J connectivity index is 1.66. The quantitative estimate of drug-likeness (QED) is 0.719. The first-order valence-electron chi connectivity index (χ1n) is 6.99. The maximum Gasteiger partial charge on any atom is 0.0207 e. The van der Waals surface area contributed by atoms with Crippen molar-refractivity contribution >= 4 is 0 Å². The SMILES string of the molecule is CCCNC1CCN(CC2CC=CCC2)C1. The van der Waals surface area contributed by atoms with Crippen molar-refractivity contribution in [3.63, 3.8) is 0 Å². The number of hydrogen-bond donors (Lipinski definition) is 1. The molecule has 0 saturated carbocycles. The van der Waals surface area contributed by atoms with E-state index in [-0.39, 0.29) is 0 Å². The molecule has 0 aromatic carbocycles. The lowest BCUT2D eigenvalue weighted by molar-refractivity contribution is 0.260. The van der Waals surface area contributed by atoms with E-state index < -0.39 is 0 Å². The summed E-state index contributed by atoms with van der Waals surface area (Å²) >= 11 is 0. The van der Waals surface area contributed by atoms with Crippen LogP contribution in [0.5, 0.6) is 0 Å². The van der Waals surface area contributed by atoms with Crippen molar-refractivity contribution in [3.8, 4) is 0 Å². The minimum atomic E-state index is 0.763. The van der Waals surface area contributed by atoms with Gasteiger partial charge in [-0.1, -0.05) is 19.1 Å². The number of rotatable bonds is 5. The zero-order valence-electron chi connectivity index (χ0n) is 10.6. The summed E-state index contributed by atoms with van der Waals surface area (Å²) in [6, 6.07) is 0.763. The van der Waals surface area contributed by atoms with Gasteiger partial charge in [-0.2, -0.15) is 0 Å². The molecule has 92 valence electrons. The van der Waals surface area contributed by atoms with E-state index in [0.29, 0.717) is 0 Å². The molecule has 2 heteroatoms. The molecule has 0 radical (unpaired) electrons. The summed E-state index contributed by atoms with van der Waals surface area (Å²) < 4.78 is 0. The van der Waals surface area contributed by atoms with E-state index in [9.17, 15) is 0 Å². The Bertz CT molecular complexity index is 225. The highest BCUT2D eigenvalue weighted by molar-refractivity contribution is 4.92. The average molecular weight is 222 g/mol. The van der Waals surface area contributed by atoms with Crippen LogP contribution in [-0.4, -0.2) is 37.1 Å². The van der Waals surface area contributed by atoms with Crippen LogP contribution in [0.15, 0.2) is 12.2 Å². The summed E-state index contributed by atoms with van der Waals surface area (Å²) in [7, 11) is 0. The number of allylic oxidation sites excluding steroid dienone is 2. The monoisotopic (exact) mass is 222 g/mol. The second-order valence-corrected chi connectivity index (χ2v) is 5.35. The predicted molar refractivity (Wildman–Crippen MR) is 69.6 cm³/mol. The van der Waals surface area contributed by atoms with Gasteiger partial charge in [-0.3, -0.25) is 0 Å². The molecule has 0 bridgehead atoms. The van der Waals surface area contributed by atoms with Crippen LogP contribution in [0.1, 0.15) is 39.0 Å². The lowest BCUT2D eigenvalue weighted by atomic mass is 9.94. The third-order valence-corrected chi connectivity index (χ3v) is 3.85. The van der Waals surface area contributed by atoms with Crippen molar-refractivity contribution in [2.45, 2.75) is 45.1 Å². The molecule has 2 rings (SSSR count). The highest BCUT2D eigenvalue weighted by Crippen LogP contribution is 2.21. The second kappa shape index (κ2) is 6.41. The predicted octanol–water partition coefficient (Wildman–Crippen LogP) is 2.42. The fraction of sp³-hybridized carbons (Fsp3) is 0.857. The van der Waals surface area contributed by atoms with E-state index in [1.54, 1.807) is 0 Å². The number of hydrogen-bond acceptors (Lipinski definition) is 2. The van der Waals surface area contributed by atoms with Gasteiger partial charge >= 0.3 is 0 Å². The van der Waals surface area contributed by atoms with Gasteiger partial charge in [0.05, 0.1) is 0 Å². The van der Waals surface area contributed by atoms with E-state index >= 15 is 0 Å². The molecule has 1 heterocycles. The van der Waals surface area contributed by atoms with Gasteiger partial charge in [0, 0.05) is 19.1 Å². The molecule has 1 N–H and O–H groups in total. The lowest BCUT2D eigenvalue weighted by Crippen LogP contribution is -2.34. The molecule has 0 spiro atoms. The molecule has 2 nitrogen and oxygen atoms in total. The van der Waals surface area contributed by atoms with Gasteiger partial charge in [-0.25, -0.2) is 0 Å². The van der Waals surface area contributed by atoms with Crippen LogP contribution in [0, 0.1) is 5.92 Å². The molecule has 16 heavy (non-hydrogen) atoms. The van der Waals surface area contributed by atoms with Crippen molar-refractivity contribution in [2.24, 2.45) is 5.92 Å². The Morgan fingerprint density at radius 3 is 3.00 bits per heavy atom. The van der Waals surface area contributed by atoms with E-state index in [1.807, 2.05) is 0 Å². The van der Waals surface area contributed by atoms with Gasteiger partial charge in [0.15, 0.2) is 0 Å². The normalized spacial score (nSPS) is 31.1. The van der Waals surface area contributed by atoms with Crippen LogP contribution in [0.3, 0.4) is 0 Å². The molecule has 1 aliphatic carbocycles. The molecule has 2 atom stereocenters. The minimum absolute atomic E-state index is 0.763. The summed E-state index contributed by atoms with van der Waals surface area (Å²) in [5.41, 5.74) is 0. The molecule has 1 aliphatic heterocycles. The van der Waals surface area contributed by atoms with E-state index in [0.717, 1.165) is 12.0 Å². The maximum absolute atomic E-state index is 3.64. The summed E-state index contributed by atoms with van der Waals surface area (Å²) in [4.78, 5) is 2.66. The summed E-state index contributed by atoms with van der Waals surface area (Å²) in [6.07, 6.45) is 11.3. The smallest absolute Gasteiger partial charge is 0.0207 e. The van der Waals surface area contributed by atoms with Crippen LogP contribution < -0.4 is 5.32 Å². The Labute approximate surface area is 100 Å². The molecule has 1 fully saturated rings. The Hall–Kier alpha value is -0.340. The highest BCUT2D eigenvalue weighted by atomic mass is 15.2. The molecule has 0 amide bonds. The Kier molecular flexibility index (Phi) is 4.86. The van der Waals surface area contributed by atoms with Gasteiger partial charge < -0.3 is 10.2 Å². The van der Waals surface area contributed by atoms with Crippen molar-refractivity contribution in [3.05, 3.63) is 12.2 Å². The minimum Gasteiger partial charge on any atom is -0.313 e. The Morgan fingerprint density at radius 1 is 1.31 bits per heavy atom. The van der Waals surface area contributed by atoms with Gasteiger partial charge in [-0.15, -0.1) is 0 Å². The first-order chi connectivity index (χ1) is 7.88. The van der Waals surface area contributed by atoms with Crippen LogP contribution >= 0.6 is 0 Å². The summed E-state index contributed by atoms with van der Waals surface area (Å²) in [5.74, 6) is 0.926. The number of likely N-dealkylation sites (tertiary alicyclic amines) is 1. The maximum atomic E-state index is 3.64. The molecular weight excluding hydrogens is 196 g/mol. The molecule has 1 saturated heterocycles. The van der Waals surface area contributed by atoms with Crippen LogP contribution in [-0.2, 0) is 0 Å². The van der Waals surface area contributed by atoms with Crippen LogP contribution in [0.4, 0.5) is 0 Å². The second-order valence-electron chi connectivity index (χ2n) is 5.35. The van der Waals surface area contributed by atoms with E-state index in [1.165, 1.54) is 58.3 Å². The van der Waals surface area contributed by atoms with Gasteiger partial charge in [0.2, 0.25) is 0 Å². The van der Waals surface area contributed by atoms with Gasteiger partial charge in [0.25, 0.3) is 0 Å². The summed E-state index contributed by atoms with van der Waals surface area (Å²) in [6.45, 7) is 7.34. The number of nitrogens with zero attached hydrogens (tertiary/aromatic N) is 1. The highest BCUT2D eigenvalue weighted by Gasteiger charge is 2.23. The molecule has 0 aromatic rings. The fourth-order valence-corrected chi connectivity index (χ4v) is 2.90. The Morgan fingerprint density at radius 2 is 2.25 bits per heavy atom.